The summed E-state index contributed by atoms with van der Waals surface area (Å²) in [5, 5.41) is 0. The number of hydrogen-bond acceptors (Lipinski definition) is 0. The van der Waals surface area contributed by atoms with E-state index in [0.29, 0.717) is 5.54 Å². The van der Waals surface area contributed by atoms with E-state index in [1.54, 1.807) is 0 Å². The van der Waals surface area contributed by atoms with Crippen LogP contribution in [0.2, 0.25) is 0 Å². The number of quaternary nitrogens is 2. The summed E-state index contributed by atoms with van der Waals surface area (Å²) in [6.45, 7) is 6.78. The van der Waals surface area contributed by atoms with Crippen molar-refractivity contribution in [2.24, 2.45) is 5.92 Å². The minimum Gasteiger partial charge on any atom is -0.353 e. The highest BCUT2D eigenvalue weighted by molar-refractivity contribution is 4.86. The normalized spacial score (nSPS) is 38.2. The Morgan fingerprint density at radius 2 is 1.67 bits per heavy atom. The Labute approximate surface area is 75.7 Å². The lowest BCUT2D eigenvalue weighted by Crippen LogP contribution is -2.76. The molecule has 0 aromatic rings. The molecule has 0 heterocycles. The minimum atomic E-state index is 0.260. The summed E-state index contributed by atoms with van der Waals surface area (Å²) in [7, 11) is 0. The first-order chi connectivity index (χ1) is 5.31. The van der Waals surface area contributed by atoms with E-state index in [0.717, 1.165) is 5.92 Å². The molecule has 0 bridgehead atoms. The Morgan fingerprint density at radius 3 is 2.00 bits per heavy atom. The van der Waals surface area contributed by atoms with Gasteiger partial charge in [0.2, 0.25) is 0 Å². The summed E-state index contributed by atoms with van der Waals surface area (Å²) in [5.74, 6) is 0.812. The van der Waals surface area contributed by atoms with Crippen molar-refractivity contribution in [2.75, 3.05) is 0 Å². The molecule has 0 saturated heterocycles. The maximum atomic E-state index is 4.23. The molecule has 1 aliphatic rings. The van der Waals surface area contributed by atoms with E-state index in [4.69, 9.17) is 0 Å². The van der Waals surface area contributed by atoms with Crippen molar-refractivity contribution in [2.45, 2.75) is 57.5 Å². The Morgan fingerprint density at radius 1 is 1.25 bits per heavy atom. The fourth-order valence-corrected chi connectivity index (χ4v) is 2.10. The summed E-state index contributed by atoms with van der Waals surface area (Å²) < 4.78 is 0. The lowest BCUT2D eigenvalue weighted by molar-refractivity contribution is -0.499. The fraction of sp³-hybridized carbons (Fsp3) is 1.00. The molecule has 2 nitrogen and oxygen atoms in total. The van der Waals surface area contributed by atoms with Crippen molar-refractivity contribution in [1.82, 2.24) is 0 Å². The van der Waals surface area contributed by atoms with Crippen LogP contribution in [-0.4, -0.2) is 11.1 Å². The van der Waals surface area contributed by atoms with Crippen LogP contribution in [0.3, 0.4) is 0 Å². The molecule has 0 spiro atoms. The maximum absolute atomic E-state index is 4.23. The van der Waals surface area contributed by atoms with Crippen molar-refractivity contribution < 1.29 is 11.5 Å². The molecule has 0 radical (unpaired) electrons. The van der Waals surface area contributed by atoms with Crippen molar-refractivity contribution in [3.63, 3.8) is 0 Å². The number of rotatable bonds is 1. The quantitative estimate of drug-likeness (QED) is 0.568. The molecule has 1 saturated carbocycles. The van der Waals surface area contributed by atoms with E-state index in [1.165, 1.54) is 25.7 Å². The average molecular weight is 172 g/mol. The van der Waals surface area contributed by atoms with Gasteiger partial charge in [0.05, 0.1) is 11.1 Å². The van der Waals surface area contributed by atoms with Gasteiger partial charge in [0, 0.05) is 18.8 Å². The fourth-order valence-electron chi connectivity index (χ4n) is 2.10. The zero-order chi connectivity index (χ0) is 9.41. The highest BCUT2D eigenvalue weighted by Crippen LogP contribution is 2.33. The van der Waals surface area contributed by atoms with Crippen LogP contribution >= 0.6 is 0 Å². The molecule has 1 aliphatic carbocycles. The summed E-state index contributed by atoms with van der Waals surface area (Å²) in [5.41, 5.74) is 9.06. The molecular formula is C10H24N2+2. The van der Waals surface area contributed by atoms with E-state index < -0.39 is 0 Å². The largest absolute Gasteiger partial charge is 0.353 e. The molecule has 0 aromatic carbocycles. The molecule has 0 aliphatic heterocycles. The van der Waals surface area contributed by atoms with Crippen LogP contribution in [0, 0.1) is 5.92 Å². The average Bonchev–Trinajstić information content (AvgIpc) is 1.83. The van der Waals surface area contributed by atoms with E-state index in [-0.39, 0.29) is 5.54 Å². The first kappa shape index (κ1) is 10.0. The van der Waals surface area contributed by atoms with Crippen molar-refractivity contribution in [3.05, 3.63) is 0 Å². The van der Waals surface area contributed by atoms with Crippen molar-refractivity contribution in [1.29, 1.82) is 0 Å². The molecule has 1 rings (SSSR count). The monoisotopic (exact) mass is 172 g/mol. The van der Waals surface area contributed by atoms with Crippen molar-refractivity contribution >= 4 is 0 Å². The molecule has 12 heavy (non-hydrogen) atoms. The predicted octanol–water partition coefficient (Wildman–Crippen LogP) is 0.198. The van der Waals surface area contributed by atoms with Gasteiger partial charge >= 0.3 is 0 Å². The second kappa shape index (κ2) is 3.00. The van der Waals surface area contributed by atoms with E-state index >= 15 is 0 Å². The first-order valence-corrected chi connectivity index (χ1v) is 5.02. The standard InChI is InChI=1S/C10H22N2/c1-9(2,11)8-4-6-10(3,12)7-5-8/h8H,4-7,11-12H2,1-3H3/p+2. The lowest BCUT2D eigenvalue weighted by atomic mass is 9.71. The van der Waals surface area contributed by atoms with Crippen LogP contribution in [-0.2, 0) is 0 Å². The first-order valence-electron chi connectivity index (χ1n) is 5.02. The maximum Gasteiger partial charge on any atom is 0.0917 e. The molecule has 2 heteroatoms. The van der Waals surface area contributed by atoms with Crippen LogP contribution in [0.1, 0.15) is 46.5 Å². The molecule has 0 unspecified atom stereocenters. The van der Waals surface area contributed by atoms with Gasteiger partial charge < -0.3 is 11.5 Å². The summed E-state index contributed by atoms with van der Waals surface area (Å²) >= 11 is 0. The van der Waals surface area contributed by atoms with Gasteiger partial charge in [-0.3, -0.25) is 0 Å². The Balaban J connectivity index is 2.47. The third kappa shape index (κ3) is 2.46. The molecule has 6 N–H and O–H groups in total. The van der Waals surface area contributed by atoms with Crippen LogP contribution in [0.25, 0.3) is 0 Å². The molecule has 0 aromatic heterocycles. The lowest BCUT2D eigenvalue weighted by Gasteiger charge is -2.36. The van der Waals surface area contributed by atoms with Gasteiger partial charge in [-0.1, -0.05) is 0 Å². The Kier molecular flexibility index (Phi) is 2.50. The van der Waals surface area contributed by atoms with Gasteiger partial charge in [-0.05, 0) is 33.6 Å². The zero-order valence-electron chi connectivity index (χ0n) is 8.82. The Bertz CT molecular complexity index is 146. The smallest absolute Gasteiger partial charge is 0.0917 e. The van der Waals surface area contributed by atoms with Gasteiger partial charge in [0.1, 0.15) is 0 Å². The molecule has 0 atom stereocenters. The van der Waals surface area contributed by atoms with Gasteiger partial charge in [0.15, 0.2) is 0 Å². The van der Waals surface area contributed by atoms with Crippen LogP contribution in [0.15, 0.2) is 0 Å². The van der Waals surface area contributed by atoms with Gasteiger partial charge in [0.25, 0.3) is 0 Å². The summed E-state index contributed by atoms with van der Waals surface area (Å²) in [4.78, 5) is 0. The van der Waals surface area contributed by atoms with Gasteiger partial charge in [-0.2, -0.15) is 0 Å². The third-order valence-electron chi connectivity index (χ3n) is 3.30. The van der Waals surface area contributed by atoms with Crippen LogP contribution < -0.4 is 11.5 Å². The second-order valence-electron chi connectivity index (χ2n) is 5.57. The minimum absolute atomic E-state index is 0.260. The SMILES string of the molecule is CC1([NH3+])CCC(C(C)(C)[NH3+])CC1. The Hall–Kier alpha value is -0.0800. The molecule has 1 fully saturated rings. The van der Waals surface area contributed by atoms with E-state index in [1.807, 2.05) is 0 Å². The van der Waals surface area contributed by atoms with Gasteiger partial charge in [-0.25, -0.2) is 0 Å². The van der Waals surface area contributed by atoms with Gasteiger partial charge in [-0.15, -0.1) is 0 Å². The highest BCUT2D eigenvalue weighted by Gasteiger charge is 2.37. The van der Waals surface area contributed by atoms with Crippen LogP contribution in [0.5, 0.6) is 0 Å². The summed E-state index contributed by atoms with van der Waals surface area (Å²) in [6, 6.07) is 0. The van der Waals surface area contributed by atoms with Crippen LogP contribution in [0.4, 0.5) is 0 Å². The molecule has 72 valence electrons. The topological polar surface area (TPSA) is 55.3 Å². The zero-order valence-corrected chi connectivity index (χ0v) is 8.82. The summed E-state index contributed by atoms with van der Waals surface area (Å²) in [6.07, 6.45) is 5.18. The highest BCUT2D eigenvalue weighted by atomic mass is 14.8. The van der Waals surface area contributed by atoms with Crippen molar-refractivity contribution in [3.8, 4) is 0 Å². The molecule has 0 amide bonds. The van der Waals surface area contributed by atoms with E-state index in [9.17, 15) is 0 Å². The predicted molar refractivity (Wildman–Crippen MR) is 50.2 cm³/mol. The van der Waals surface area contributed by atoms with E-state index in [2.05, 4.69) is 32.2 Å². The second-order valence-corrected chi connectivity index (χ2v) is 5.57. The third-order valence-corrected chi connectivity index (χ3v) is 3.30. The molecular weight excluding hydrogens is 148 g/mol. The number of hydrogen-bond donors (Lipinski definition) is 2.